The number of benzene rings is 1. The van der Waals surface area contributed by atoms with Crippen molar-refractivity contribution in [3.05, 3.63) is 23.3 Å². The molecule has 0 aliphatic carbocycles. The van der Waals surface area contributed by atoms with Crippen LogP contribution in [0.15, 0.2) is 12.1 Å². The zero-order valence-corrected chi connectivity index (χ0v) is 14.1. The van der Waals surface area contributed by atoms with E-state index in [-0.39, 0.29) is 24.4 Å². The second kappa shape index (κ2) is 9.47. The standard InChI is InChI=1S/C15H24N2O3.ClH/c1-10-8-13(19-4)14(20-5)9-12(10)11(2)17-15(18)6-7-16-3;/h8-9,11,16H,6-7H2,1-5H3,(H,17,18);1H. The lowest BCUT2D eigenvalue weighted by Gasteiger charge is -2.19. The van der Waals surface area contributed by atoms with E-state index in [4.69, 9.17) is 9.47 Å². The maximum absolute atomic E-state index is 11.8. The lowest BCUT2D eigenvalue weighted by atomic mass is 10.0. The summed E-state index contributed by atoms with van der Waals surface area (Å²) in [4.78, 5) is 11.8. The van der Waals surface area contributed by atoms with Crippen LogP contribution in [-0.2, 0) is 4.79 Å². The minimum absolute atomic E-state index is 0. The van der Waals surface area contributed by atoms with E-state index in [1.54, 1.807) is 14.2 Å². The quantitative estimate of drug-likeness (QED) is 0.810. The second-order valence-corrected chi connectivity index (χ2v) is 4.71. The fourth-order valence-electron chi connectivity index (χ4n) is 2.09. The van der Waals surface area contributed by atoms with E-state index in [0.29, 0.717) is 24.5 Å². The molecule has 1 aromatic rings. The van der Waals surface area contributed by atoms with Crippen molar-refractivity contribution < 1.29 is 14.3 Å². The Hall–Kier alpha value is -1.46. The highest BCUT2D eigenvalue weighted by molar-refractivity contribution is 5.85. The van der Waals surface area contributed by atoms with E-state index >= 15 is 0 Å². The van der Waals surface area contributed by atoms with Crippen LogP contribution in [0.5, 0.6) is 11.5 Å². The van der Waals surface area contributed by atoms with Gasteiger partial charge >= 0.3 is 0 Å². The molecule has 0 fully saturated rings. The fraction of sp³-hybridized carbons (Fsp3) is 0.533. The molecular weight excluding hydrogens is 292 g/mol. The normalized spacial score (nSPS) is 11.3. The van der Waals surface area contributed by atoms with Crippen LogP contribution < -0.4 is 20.1 Å². The van der Waals surface area contributed by atoms with Gasteiger partial charge in [0.2, 0.25) is 5.91 Å². The molecule has 0 spiro atoms. The molecule has 21 heavy (non-hydrogen) atoms. The zero-order valence-electron chi connectivity index (χ0n) is 13.3. The van der Waals surface area contributed by atoms with Crippen LogP contribution >= 0.6 is 12.4 Å². The number of hydrogen-bond acceptors (Lipinski definition) is 4. The Morgan fingerprint density at radius 2 is 1.81 bits per heavy atom. The maximum Gasteiger partial charge on any atom is 0.221 e. The lowest BCUT2D eigenvalue weighted by molar-refractivity contribution is -0.121. The number of nitrogens with one attached hydrogen (secondary N) is 2. The molecule has 5 nitrogen and oxygen atoms in total. The maximum atomic E-state index is 11.8. The van der Waals surface area contributed by atoms with Crippen molar-refractivity contribution in [3.8, 4) is 11.5 Å². The molecule has 1 amide bonds. The third kappa shape index (κ3) is 5.44. The molecule has 0 heterocycles. The van der Waals surface area contributed by atoms with E-state index in [1.807, 2.05) is 33.0 Å². The average Bonchev–Trinajstić information content (AvgIpc) is 2.44. The number of carbonyl (C=O) groups is 1. The van der Waals surface area contributed by atoms with Gasteiger partial charge in [0.05, 0.1) is 20.3 Å². The number of carbonyl (C=O) groups excluding carboxylic acids is 1. The first-order valence-corrected chi connectivity index (χ1v) is 6.70. The van der Waals surface area contributed by atoms with E-state index in [0.717, 1.165) is 11.1 Å². The summed E-state index contributed by atoms with van der Waals surface area (Å²) in [6.07, 6.45) is 0.465. The molecule has 0 aromatic heterocycles. The first-order chi connectivity index (χ1) is 9.53. The third-order valence-corrected chi connectivity index (χ3v) is 3.22. The zero-order chi connectivity index (χ0) is 15.1. The van der Waals surface area contributed by atoms with Gasteiger partial charge in [-0.05, 0) is 44.2 Å². The smallest absolute Gasteiger partial charge is 0.221 e. The van der Waals surface area contributed by atoms with Crippen LogP contribution in [0.2, 0.25) is 0 Å². The molecule has 1 aromatic carbocycles. The van der Waals surface area contributed by atoms with Crippen LogP contribution in [0.25, 0.3) is 0 Å². The minimum Gasteiger partial charge on any atom is -0.493 e. The summed E-state index contributed by atoms with van der Waals surface area (Å²) in [5.41, 5.74) is 2.09. The molecule has 0 saturated heterocycles. The van der Waals surface area contributed by atoms with Crippen molar-refractivity contribution >= 4 is 18.3 Å². The van der Waals surface area contributed by atoms with Gasteiger partial charge in [-0.2, -0.15) is 0 Å². The molecular formula is C15H25ClN2O3. The molecule has 120 valence electrons. The highest BCUT2D eigenvalue weighted by atomic mass is 35.5. The summed E-state index contributed by atoms with van der Waals surface area (Å²) >= 11 is 0. The van der Waals surface area contributed by atoms with Gasteiger partial charge in [0.1, 0.15) is 0 Å². The summed E-state index contributed by atoms with van der Waals surface area (Å²) in [7, 11) is 5.04. The van der Waals surface area contributed by atoms with E-state index < -0.39 is 0 Å². The topological polar surface area (TPSA) is 59.6 Å². The highest BCUT2D eigenvalue weighted by Crippen LogP contribution is 2.32. The van der Waals surface area contributed by atoms with Crippen LogP contribution in [0, 0.1) is 6.92 Å². The number of amides is 1. The molecule has 1 unspecified atom stereocenters. The Bertz CT molecular complexity index is 466. The molecule has 0 radical (unpaired) electrons. The van der Waals surface area contributed by atoms with Crippen molar-refractivity contribution in [1.82, 2.24) is 10.6 Å². The Morgan fingerprint density at radius 3 is 2.33 bits per heavy atom. The van der Waals surface area contributed by atoms with Gasteiger partial charge in [-0.25, -0.2) is 0 Å². The number of halogens is 1. The molecule has 0 saturated carbocycles. The van der Waals surface area contributed by atoms with E-state index in [1.165, 1.54) is 0 Å². The van der Waals surface area contributed by atoms with Gasteiger partial charge in [0, 0.05) is 13.0 Å². The van der Waals surface area contributed by atoms with Crippen molar-refractivity contribution in [3.63, 3.8) is 0 Å². The van der Waals surface area contributed by atoms with Gasteiger partial charge in [-0.1, -0.05) is 0 Å². The number of methoxy groups -OCH3 is 2. The van der Waals surface area contributed by atoms with Crippen LogP contribution in [-0.4, -0.2) is 33.7 Å². The monoisotopic (exact) mass is 316 g/mol. The molecule has 6 heteroatoms. The summed E-state index contributed by atoms with van der Waals surface area (Å²) < 4.78 is 10.6. The van der Waals surface area contributed by atoms with Gasteiger partial charge in [-0.15, -0.1) is 12.4 Å². The predicted octanol–water partition coefficient (Wildman–Crippen LogP) is 2.22. The Labute approximate surface area is 132 Å². The third-order valence-electron chi connectivity index (χ3n) is 3.22. The first-order valence-electron chi connectivity index (χ1n) is 6.70. The fourth-order valence-corrected chi connectivity index (χ4v) is 2.09. The van der Waals surface area contributed by atoms with E-state index in [2.05, 4.69) is 10.6 Å². The average molecular weight is 317 g/mol. The summed E-state index contributed by atoms with van der Waals surface area (Å²) in [5.74, 6) is 1.40. The van der Waals surface area contributed by atoms with Crippen molar-refractivity contribution in [2.75, 3.05) is 27.8 Å². The van der Waals surface area contributed by atoms with Crippen LogP contribution in [0.3, 0.4) is 0 Å². The number of aryl methyl sites for hydroxylation is 1. The van der Waals surface area contributed by atoms with Gasteiger partial charge < -0.3 is 20.1 Å². The summed E-state index contributed by atoms with van der Waals surface area (Å²) in [6, 6.07) is 3.76. The second-order valence-electron chi connectivity index (χ2n) is 4.71. The number of hydrogen-bond donors (Lipinski definition) is 2. The highest BCUT2D eigenvalue weighted by Gasteiger charge is 2.15. The van der Waals surface area contributed by atoms with Gasteiger partial charge in [0.15, 0.2) is 11.5 Å². The Balaban J connectivity index is 0.00000400. The molecule has 0 bridgehead atoms. The van der Waals surface area contributed by atoms with Crippen LogP contribution in [0.4, 0.5) is 0 Å². The first kappa shape index (κ1) is 19.5. The molecule has 0 aliphatic rings. The minimum atomic E-state index is -0.0702. The largest absolute Gasteiger partial charge is 0.493 e. The Morgan fingerprint density at radius 1 is 1.24 bits per heavy atom. The lowest BCUT2D eigenvalue weighted by Crippen LogP contribution is -2.29. The molecule has 2 N–H and O–H groups in total. The molecule has 0 aliphatic heterocycles. The van der Waals surface area contributed by atoms with Crippen LogP contribution in [0.1, 0.15) is 30.5 Å². The van der Waals surface area contributed by atoms with Crippen molar-refractivity contribution in [2.24, 2.45) is 0 Å². The summed E-state index contributed by atoms with van der Waals surface area (Å²) in [6.45, 7) is 4.63. The number of rotatable bonds is 7. The predicted molar refractivity (Wildman–Crippen MR) is 86.6 cm³/mol. The summed E-state index contributed by atoms with van der Waals surface area (Å²) in [5, 5.41) is 5.94. The van der Waals surface area contributed by atoms with Crippen molar-refractivity contribution in [2.45, 2.75) is 26.3 Å². The SMILES string of the molecule is CNCCC(=O)NC(C)c1cc(OC)c(OC)cc1C.Cl. The molecule has 1 rings (SSSR count). The molecule has 1 atom stereocenters. The van der Waals surface area contributed by atoms with Gasteiger partial charge in [-0.3, -0.25) is 4.79 Å². The van der Waals surface area contributed by atoms with E-state index in [9.17, 15) is 4.79 Å². The Kier molecular flexibility index (Phi) is 8.81. The van der Waals surface area contributed by atoms with Crippen molar-refractivity contribution in [1.29, 1.82) is 0 Å². The number of ether oxygens (including phenoxy) is 2. The van der Waals surface area contributed by atoms with Gasteiger partial charge in [0.25, 0.3) is 0 Å².